The number of allylic oxidation sites excluding steroid dienone is 4. The molecular formula is C33H40Si. The summed E-state index contributed by atoms with van der Waals surface area (Å²) < 4.78 is 0. The lowest BCUT2D eigenvalue weighted by atomic mass is 9.92. The van der Waals surface area contributed by atoms with E-state index in [1.807, 2.05) is 0 Å². The second-order valence-electron chi connectivity index (χ2n) is 9.71. The molecule has 0 saturated heterocycles. The SMILES string of the molecule is CCCCc1ccc(-c2cccc([SiH2]C3=C(CC)C=CC3)c2-c2ccc(CCCC)cc2)cc1. The second-order valence-corrected chi connectivity index (χ2v) is 11.7. The van der Waals surface area contributed by atoms with Crippen molar-refractivity contribution in [1.82, 2.24) is 0 Å². The molecule has 0 amide bonds. The number of unbranched alkanes of at least 4 members (excludes halogenated alkanes) is 2. The van der Waals surface area contributed by atoms with Crippen LogP contribution in [0.3, 0.4) is 0 Å². The Morgan fingerprint density at radius 1 is 0.706 bits per heavy atom. The number of benzene rings is 3. The first-order valence-corrected chi connectivity index (χ1v) is 14.8. The molecule has 3 aromatic carbocycles. The van der Waals surface area contributed by atoms with Crippen molar-refractivity contribution in [2.45, 2.75) is 72.1 Å². The number of aryl methyl sites for hydroxylation is 2. The van der Waals surface area contributed by atoms with E-state index >= 15 is 0 Å². The maximum Gasteiger partial charge on any atom is 0.0840 e. The standard InChI is InChI=1S/C33H40Si/c1-4-7-11-25-17-21-28(22-18-25)30-14-10-16-32(34-31-15-9-13-27(31)6-3)33(30)29-23-19-26(20-24-29)12-8-5-2/h9-10,13-14,16-24H,4-8,11-12,15,34H2,1-3H3. The molecule has 1 heteroatoms. The van der Waals surface area contributed by atoms with Gasteiger partial charge >= 0.3 is 0 Å². The summed E-state index contributed by atoms with van der Waals surface area (Å²) in [4.78, 5) is 0. The Hall–Kier alpha value is -2.64. The summed E-state index contributed by atoms with van der Waals surface area (Å²) in [5.41, 5.74) is 10.1. The zero-order valence-electron chi connectivity index (χ0n) is 21.4. The van der Waals surface area contributed by atoms with Crippen molar-refractivity contribution in [3.63, 3.8) is 0 Å². The Kier molecular flexibility index (Phi) is 8.77. The van der Waals surface area contributed by atoms with Gasteiger partial charge in [0.15, 0.2) is 0 Å². The molecule has 0 spiro atoms. The van der Waals surface area contributed by atoms with Gasteiger partial charge in [0.25, 0.3) is 0 Å². The Labute approximate surface area is 209 Å². The first-order chi connectivity index (χ1) is 16.7. The third-order valence-corrected chi connectivity index (χ3v) is 9.36. The zero-order chi connectivity index (χ0) is 23.8. The van der Waals surface area contributed by atoms with Crippen molar-refractivity contribution < 1.29 is 0 Å². The molecule has 3 aromatic rings. The van der Waals surface area contributed by atoms with Gasteiger partial charge in [-0.05, 0) is 71.9 Å². The average molecular weight is 465 g/mol. The summed E-state index contributed by atoms with van der Waals surface area (Å²) in [6.07, 6.45) is 14.4. The van der Waals surface area contributed by atoms with Crippen molar-refractivity contribution in [3.05, 3.63) is 101 Å². The molecule has 0 radical (unpaired) electrons. The van der Waals surface area contributed by atoms with E-state index in [0.717, 1.165) is 12.8 Å². The zero-order valence-corrected chi connectivity index (χ0v) is 22.8. The van der Waals surface area contributed by atoms with Crippen LogP contribution in [0.2, 0.25) is 0 Å². The fourth-order valence-electron chi connectivity index (χ4n) is 5.16. The molecule has 1 aliphatic rings. The molecular weight excluding hydrogens is 424 g/mol. The van der Waals surface area contributed by atoms with Crippen molar-refractivity contribution in [2.75, 3.05) is 0 Å². The van der Waals surface area contributed by atoms with Crippen LogP contribution in [-0.2, 0) is 12.8 Å². The minimum Gasteiger partial charge on any atom is -0.0806 e. The number of rotatable bonds is 11. The first-order valence-electron chi connectivity index (χ1n) is 13.4. The molecule has 0 nitrogen and oxygen atoms in total. The third kappa shape index (κ3) is 5.88. The number of hydrogen-bond donors (Lipinski definition) is 0. The van der Waals surface area contributed by atoms with E-state index in [-0.39, 0.29) is 0 Å². The molecule has 176 valence electrons. The molecule has 0 bridgehead atoms. The van der Waals surface area contributed by atoms with E-state index in [1.165, 1.54) is 71.9 Å². The molecule has 0 fully saturated rings. The predicted octanol–water partition coefficient (Wildman–Crippen LogP) is 8.12. The summed E-state index contributed by atoms with van der Waals surface area (Å²) in [5.74, 6) is 0. The van der Waals surface area contributed by atoms with Crippen molar-refractivity contribution in [3.8, 4) is 22.3 Å². The highest BCUT2D eigenvalue weighted by molar-refractivity contribution is 6.63. The van der Waals surface area contributed by atoms with Crippen LogP contribution in [-0.4, -0.2) is 9.52 Å². The molecule has 4 rings (SSSR count). The van der Waals surface area contributed by atoms with Crippen molar-refractivity contribution in [2.24, 2.45) is 0 Å². The Balaban J connectivity index is 1.75. The molecule has 0 unspecified atom stereocenters. The van der Waals surface area contributed by atoms with Gasteiger partial charge in [0.2, 0.25) is 0 Å². The number of hydrogen-bond acceptors (Lipinski definition) is 0. The van der Waals surface area contributed by atoms with Gasteiger partial charge in [0.1, 0.15) is 0 Å². The van der Waals surface area contributed by atoms with Crippen LogP contribution >= 0.6 is 0 Å². The Morgan fingerprint density at radius 3 is 1.91 bits per heavy atom. The van der Waals surface area contributed by atoms with Crippen LogP contribution in [0.1, 0.15) is 70.4 Å². The van der Waals surface area contributed by atoms with E-state index in [1.54, 1.807) is 16.0 Å². The molecule has 0 atom stereocenters. The molecule has 0 heterocycles. The van der Waals surface area contributed by atoms with E-state index < -0.39 is 9.52 Å². The van der Waals surface area contributed by atoms with Gasteiger partial charge in [-0.3, -0.25) is 0 Å². The summed E-state index contributed by atoms with van der Waals surface area (Å²) in [5, 5.41) is 3.30. The van der Waals surface area contributed by atoms with Crippen molar-refractivity contribution in [1.29, 1.82) is 0 Å². The van der Waals surface area contributed by atoms with E-state index in [9.17, 15) is 0 Å². The van der Waals surface area contributed by atoms with E-state index in [2.05, 4.69) is 99.7 Å². The Morgan fingerprint density at radius 2 is 1.32 bits per heavy atom. The molecule has 34 heavy (non-hydrogen) atoms. The Bertz CT molecular complexity index is 1130. The van der Waals surface area contributed by atoms with E-state index in [0.29, 0.717) is 0 Å². The molecule has 0 aromatic heterocycles. The van der Waals surface area contributed by atoms with Crippen LogP contribution in [0.25, 0.3) is 22.3 Å². The maximum absolute atomic E-state index is 2.41. The summed E-state index contributed by atoms with van der Waals surface area (Å²) in [6, 6.07) is 25.9. The van der Waals surface area contributed by atoms with Gasteiger partial charge < -0.3 is 0 Å². The van der Waals surface area contributed by atoms with E-state index in [4.69, 9.17) is 0 Å². The van der Waals surface area contributed by atoms with Crippen LogP contribution < -0.4 is 5.19 Å². The normalized spacial score (nSPS) is 13.5. The van der Waals surface area contributed by atoms with Gasteiger partial charge in [-0.2, -0.15) is 0 Å². The summed E-state index contributed by atoms with van der Waals surface area (Å²) in [6.45, 7) is 6.83. The van der Waals surface area contributed by atoms with Gasteiger partial charge in [0, 0.05) is 0 Å². The minimum atomic E-state index is -0.517. The lowest BCUT2D eigenvalue weighted by molar-refractivity contribution is 0.795. The van der Waals surface area contributed by atoms with Crippen LogP contribution in [0.4, 0.5) is 0 Å². The van der Waals surface area contributed by atoms with Gasteiger partial charge in [0.05, 0.1) is 9.52 Å². The highest BCUT2D eigenvalue weighted by Gasteiger charge is 2.16. The fraction of sp³-hybridized carbons (Fsp3) is 0.333. The summed E-state index contributed by atoms with van der Waals surface area (Å²) >= 11 is 0. The first kappa shape index (κ1) is 24.5. The lowest BCUT2D eigenvalue weighted by Crippen LogP contribution is -2.20. The second kappa shape index (κ2) is 12.2. The molecule has 0 N–H and O–H groups in total. The van der Waals surface area contributed by atoms with Crippen LogP contribution in [0.15, 0.2) is 89.7 Å². The van der Waals surface area contributed by atoms with Gasteiger partial charge in [-0.25, -0.2) is 0 Å². The van der Waals surface area contributed by atoms with Crippen LogP contribution in [0.5, 0.6) is 0 Å². The average Bonchev–Trinajstić information content (AvgIpc) is 3.34. The monoisotopic (exact) mass is 464 g/mol. The quantitative estimate of drug-likeness (QED) is 0.251. The topological polar surface area (TPSA) is 0 Å². The minimum absolute atomic E-state index is 0.517. The largest absolute Gasteiger partial charge is 0.0840 e. The predicted molar refractivity (Wildman–Crippen MR) is 154 cm³/mol. The van der Waals surface area contributed by atoms with Crippen LogP contribution in [0, 0.1) is 0 Å². The smallest absolute Gasteiger partial charge is 0.0806 e. The highest BCUT2D eigenvalue weighted by Crippen LogP contribution is 2.32. The third-order valence-electron chi connectivity index (χ3n) is 7.22. The van der Waals surface area contributed by atoms with Gasteiger partial charge in [-0.1, -0.05) is 128 Å². The molecule has 0 aliphatic heterocycles. The van der Waals surface area contributed by atoms with Gasteiger partial charge in [-0.15, -0.1) is 0 Å². The highest BCUT2D eigenvalue weighted by atomic mass is 28.2. The molecule has 1 aliphatic carbocycles. The summed E-state index contributed by atoms with van der Waals surface area (Å²) in [7, 11) is -0.517. The maximum atomic E-state index is 2.41. The lowest BCUT2D eigenvalue weighted by Gasteiger charge is -2.18. The van der Waals surface area contributed by atoms with Crippen molar-refractivity contribution >= 4 is 14.7 Å². The fourth-order valence-corrected chi connectivity index (χ4v) is 7.35. The molecule has 0 saturated carbocycles.